The van der Waals surface area contributed by atoms with Crippen LogP contribution in [0, 0.1) is 5.82 Å². The van der Waals surface area contributed by atoms with Gasteiger partial charge in [-0.05, 0) is 18.1 Å². The fourth-order valence-corrected chi connectivity index (χ4v) is 2.97. The molecule has 0 bridgehead atoms. The second-order valence-corrected chi connectivity index (χ2v) is 6.02. The molecular weight excluding hydrogens is 321 g/mol. The summed E-state index contributed by atoms with van der Waals surface area (Å²) in [6.45, 7) is 3.15. The van der Waals surface area contributed by atoms with Crippen molar-refractivity contribution >= 4 is 17.5 Å². The molecule has 1 amide bonds. The van der Waals surface area contributed by atoms with Gasteiger partial charge in [0.15, 0.2) is 5.82 Å². The van der Waals surface area contributed by atoms with Crippen LogP contribution in [0.3, 0.4) is 0 Å². The summed E-state index contributed by atoms with van der Waals surface area (Å²) in [7, 11) is 0. The first-order valence-corrected chi connectivity index (χ1v) is 7.99. The molecule has 1 saturated heterocycles. The summed E-state index contributed by atoms with van der Waals surface area (Å²) in [6.07, 6.45) is 1.52. The third kappa shape index (κ3) is 3.37. The normalized spacial score (nSPS) is 17.7. The van der Waals surface area contributed by atoms with Crippen molar-refractivity contribution in [3.8, 4) is 0 Å². The van der Waals surface area contributed by atoms with Gasteiger partial charge in [-0.3, -0.25) is 4.79 Å². The number of carbonyl (C=O) groups is 1. The summed E-state index contributed by atoms with van der Waals surface area (Å²) in [6, 6.07) is 4.83. The topological polar surface area (TPSA) is 59.2 Å². The number of benzene rings is 1. The molecule has 0 radical (unpaired) electrons. The van der Waals surface area contributed by atoms with Gasteiger partial charge in [0.05, 0.1) is 10.9 Å². The Morgan fingerprint density at radius 3 is 3.13 bits per heavy atom. The molecular formula is C16H17ClFN3O2. The first kappa shape index (κ1) is 15.9. The van der Waals surface area contributed by atoms with E-state index in [0.717, 1.165) is 6.42 Å². The Hall–Kier alpha value is -1.95. The highest BCUT2D eigenvalue weighted by Crippen LogP contribution is 2.27. The van der Waals surface area contributed by atoms with Crippen molar-refractivity contribution in [2.75, 3.05) is 13.1 Å². The lowest BCUT2D eigenvalue weighted by molar-refractivity contribution is -0.129. The summed E-state index contributed by atoms with van der Waals surface area (Å²) >= 11 is 5.77. The fraction of sp³-hybridized carbons (Fsp3) is 0.438. The van der Waals surface area contributed by atoms with Gasteiger partial charge in [0, 0.05) is 25.9 Å². The van der Waals surface area contributed by atoms with Crippen LogP contribution in [0.5, 0.6) is 0 Å². The number of carbonyl (C=O) groups excluding carboxylic acids is 1. The standard InChI is InChI=1S/C16H17ClFN3O2/c1-2-14(22)21-7-6-11(9-21)16-19-13(20-23-16)8-10-4-3-5-12(17)15(10)18/h3-5,11H,2,6-9H2,1H3/t11-/m0/s1. The Labute approximate surface area is 138 Å². The molecule has 1 fully saturated rings. The Morgan fingerprint density at radius 1 is 1.52 bits per heavy atom. The average molecular weight is 338 g/mol. The largest absolute Gasteiger partial charge is 0.342 e. The Bertz CT molecular complexity index is 719. The van der Waals surface area contributed by atoms with Crippen LogP contribution in [0.1, 0.15) is 43.0 Å². The van der Waals surface area contributed by atoms with Crippen LogP contribution in [0.25, 0.3) is 0 Å². The number of amides is 1. The van der Waals surface area contributed by atoms with Gasteiger partial charge in [-0.25, -0.2) is 4.39 Å². The third-order valence-corrected chi connectivity index (χ3v) is 4.35. The van der Waals surface area contributed by atoms with Crippen LogP contribution < -0.4 is 0 Å². The van der Waals surface area contributed by atoms with Gasteiger partial charge < -0.3 is 9.42 Å². The van der Waals surface area contributed by atoms with Crippen molar-refractivity contribution in [2.45, 2.75) is 32.1 Å². The van der Waals surface area contributed by atoms with Gasteiger partial charge >= 0.3 is 0 Å². The van der Waals surface area contributed by atoms with E-state index in [2.05, 4.69) is 10.1 Å². The summed E-state index contributed by atoms with van der Waals surface area (Å²) in [5.41, 5.74) is 0.430. The molecule has 0 aliphatic carbocycles. The van der Waals surface area contributed by atoms with Crippen molar-refractivity contribution in [1.29, 1.82) is 0 Å². The van der Waals surface area contributed by atoms with Gasteiger partial charge in [-0.1, -0.05) is 35.8 Å². The molecule has 2 aromatic rings. The van der Waals surface area contributed by atoms with E-state index in [9.17, 15) is 9.18 Å². The van der Waals surface area contributed by atoms with E-state index in [-0.39, 0.29) is 23.3 Å². The zero-order chi connectivity index (χ0) is 16.4. The van der Waals surface area contributed by atoms with Crippen LogP contribution in [-0.2, 0) is 11.2 Å². The molecule has 3 rings (SSSR count). The van der Waals surface area contributed by atoms with E-state index in [1.807, 2.05) is 11.8 Å². The molecule has 23 heavy (non-hydrogen) atoms. The summed E-state index contributed by atoms with van der Waals surface area (Å²) in [5.74, 6) is 0.653. The van der Waals surface area contributed by atoms with Crippen molar-refractivity contribution < 1.29 is 13.7 Å². The van der Waals surface area contributed by atoms with Crippen molar-refractivity contribution in [2.24, 2.45) is 0 Å². The lowest BCUT2D eigenvalue weighted by Crippen LogP contribution is -2.27. The SMILES string of the molecule is CCC(=O)N1CC[C@H](c2nc(Cc3cccc(Cl)c3F)no2)C1. The van der Waals surface area contributed by atoms with Crippen LogP contribution in [0.15, 0.2) is 22.7 Å². The fourth-order valence-electron chi connectivity index (χ4n) is 2.77. The lowest BCUT2D eigenvalue weighted by atomic mass is 10.1. The van der Waals surface area contributed by atoms with Crippen molar-refractivity contribution in [1.82, 2.24) is 15.0 Å². The number of likely N-dealkylation sites (tertiary alicyclic amines) is 1. The number of hydrogen-bond acceptors (Lipinski definition) is 4. The summed E-state index contributed by atoms with van der Waals surface area (Å²) in [5, 5.41) is 4.00. The molecule has 2 heterocycles. The molecule has 5 nitrogen and oxygen atoms in total. The maximum Gasteiger partial charge on any atom is 0.231 e. The maximum absolute atomic E-state index is 13.9. The number of nitrogens with zero attached hydrogens (tertiary/aromatic N) is 3. The van der Waals surface area contributed by atoms with E-state index in [4.69, 9.17) is 16.1 Å². The highest BCUT2D eigenvalue weighted by atomic mass is 35.5. The minimum Gasteiger partial charge on any atom is -0.342 e. The van der Waals surface area contributed by atoms with E-state index in [1.54, 1.807) is 12.1 Å². The van der Waals surface area contributed by atoms with Gasteiger partial charge in [-0.15, -0.1) is 0 Å². The van der Waals surface area contributed by atoms with Gasteiger partial charge in [0.2, 0.25) is 11.8 Å². The smallest absolute Gasteiger partial charge is 0.231 e. The highest BCUT2D eigenvalue weighted by molar-refractivity contribution is 6.30. The van der Waals surface area contributed by atoms with E-state index >= 15 is 0 Å². The molecule has 1 aromatic heterocycles. The van der Waals surface area contributed by atoms with Crippen LogP contribution in [0.2, 0.25) is 5.02 Å². The van der Waals surface area contributed by atoms with E-state index in [0.29, 0.717) is 36.8 Å². The Balaban J connectivity index is 1.69. The molecule has 0 N–H and O–H groups in total. The molecule has 1 atom stereocenters. The minimum absolute atomic E-state index is 0.0518. The highest BCUT2D eigenvalue weighted by Gasteiger charge is 2.30. The molecule has 0 spiro atoms. The average Bonchev–Trinajstić information content (AvgIpc) is 3.20. The lowest BCUT2D eigenvalue weighted by Gasteiger charge is -2.13. The predicted octanol–water partition coefficient (Wildman–Crippen LogP) is 3.18. The van der Waals surface area contributed by atoms with Gasteiger partial charge in [0.1, 0.15) is 5.82 Å². The van der Waals surface area contributed by atoms with E-state index in [1.165, 1.54) is 6.07 Å². The molecule has 122 valence electrons. The monoisotopic (exact) mass is 337 g/mol. The molecule has 1 aromatic carbocycles. The number of aromatic nitrogens is 2. The van der Waals surface area contributed by atoms with Gasteiger partial charge in [0.25, 0.3) is 0 Å². The second kappa shape index (κ2) is 6.66. The molecule has 7 heteroatoms. The molecule has 0 saturated carbocycles. The number of hydrogen-bond donors (Lipinski definition) is 0. The quantitative estimate of drug-likeness (QED) is 0.859. The molecule has 1 aliphatic rings. The summed E-state index contributed by atoms with van der Waals surface area (Å²) < 4.78 is 19.2. The second-order valence-electron chi connectivity index (χ2n) is 5.62. The predicted molar refractivity (Wildman–Crippen MR) is 82.7 cm³/mol. The van der Waals surface area contributed by atoms with Crippen LogP contribution >= 0.6 is 11.6 Å². The third-order valence-electron chi connectivity index (χ3n) is 4.06. The number of rotatable bonds is 4. The first-order chi connectivity index (χ1) is 11.1. The van der Waals surface area contributed by atoms with Crippen LogP contribution in [0.4, 0.5) is 4.39 Å². The van der Waals surface area contributed by atoms with Gasteiger partial charge in [-0.2, -0.15) is 4.98 Å². The number of halogens is 2. The van der Waals surface area contributed by atoms with E-state index < -0.39 is 5.82 Å². The van der Waals surface area contributed by atoms with Crippen molar-refractivity contribution in [3.05, 3.63) is 46.3 Å². The Morgan fingerprint density at radius 2 is 2.35 bits per heavy atom. The zero-order valence-electron chi connectivity index (χ0n) is 12.8. The zero-order valence-corrected chi connectivity index (χ0v) is 13.5. The molecule has 0 unspecified atom stereocenters. The van der Waals surface area contributed by atoms with Crippen molar-refractivity contribution in [3.63, 3.8) is 0 Å². The van der Waals surface area contributed by atoms with Crippen LogP contribution in [-0.4, -0.2) is 34.0 Å². The minimum atomic E-state index is -0.457. The molecule has 1 aliphatic heterocycles. The Kier molecular flexibility index (Phi) is 4.61. The summed E-state index contributed by atoms with van der Waals surface area (Å²) in [4.78, 5) is 17.9. The first-order valence-electron chi connectivity index (χ1n) is 7.61. The maximum atomic E-state index is 13.9.